The van der Waals surface area contributed by atoms with Gasteiger partial charge in [0.1, 0.15) is 17.3 Å². The SMILES string of the molecule is Cc1ccc(COc2ccc(C(N)=S)cc2)c(Cl)c1. The normalized spacial score (nSPS) is 10.2. The van der Waals surface area contributed by atoms with Crippen LogP contribution in [0.1, 0.15) is 16.7 Å². The van der Waals surface area contributed by atoms with E-state index >= 15 is 0 Å². The Morgan fingerprint density at radius 3 is 2.47 bits per heavy atom. The summed E-state index contributed by atoms with van der Waals surface area (Å²) in [4.78, 5) is 0.383. The first-order chi connectivity index (χ1) is 9.06. The lowest BCUT2D eigenvalue weighted by Gasteiger charge is -2.09. The van der Waals surface area contributed by atoms with Crippen LogP contribution in [0.2, 0.25) is 5.02 Å². The second-order valence-corrected chi connectivity index (χ2v) is 5.12. The Labute approximate surface area is 123 Å². The molecule has 2 aromatic rings. The van der Waals surface area contributed by atoms with Crippen molar-refractivity contribution in [1.82, 2.24) is 0 Å². The van der Waals surface area contributed by atoms with Crippen LogP contribution in [0.3, 0.4) is 0 Å². The van der Waals surface area contributed by atoms with Gasteiger partial charge in [0.2, 0.25) is 0 Å². The maximum Gasteiger partial charge on any atom is 0.119 e. The zero-order chi connectivity index (χ0) is 13.8. The van der Waals surface area contributed by atoms with Crippen LogP contribution in [0.25, 0.3) is 0 Å². The maximum absolute atomic E-state index is 6.15. The van der Waals surface area contributed by atoms with E-state index in [1.54, 1.807) is 0 Å². The number of hydrogen-bond donors (Lipinski definition) is 1. The molecule has 4 heteroatoms. The lowest BCUT2D eigenvalue weighted by molar-refractivity contribution is 0.306. The van der Waals surface area contributed by atoms with E-state index in [1.165, 1.54) is 0 Å². The predicted molar refractivity (Wildman–Crippen MR) is 82.9 cm³/mol. The van der Waals surface area contributed by atoms with Crippen LogP contribution >= 0.6 is 23.8 Å². The summed E-state index contributed by atoms with van der Waals surface area (Å²) in [7, 11) is 0. The highest BCUT2D eigenvalue weighted by molar-refractivity contribution is 7.80. The molecule has 0 saturated heterocycles. The van der Waals surface area contributed by atoms with Gasteiger partial charge in [0.05, 0.1) is 0 Å². The van der Waals surface area contributed by atoms with Crippen LogP contribution in [-0.4, -0.2) is 4.99 Å². The molecule has 0 aliphatic heterocycles. The van der Waals surface area contributed by atoms with Gasteiger partial charge in [0.15, 0.2) is 0 Å². The van der Waals surface area contributed by atoms with Crippen molar-refractivity contribution in [2.45, 2.75) is 13.5 Å². The molecule has 2 aromatic carbocycles. The molecule has 0 aromatic heterocycles. The lowest BCUT2D eigenvalue weighted by atomic mass is 10.1. The van der Waals surface area contributed by atoms with Crippen molar-refractivity contribution in [2.24, 2.45) is 5.73 Å². The maximum atomic E-state index is 6.15. The number of halogens is 1. The van der Waals surface area contributed by atoms with Crippen molar-refractivity contribution >= 4 is 28.8 Å². The molecule has 98 valence electrons. The minimum absolute atomic E-state index is 0.383. The molecule has 0 amide bonds. The largest absolute Gasteiger partial charge is 0.489 e. The summed E-state index contributed by atoms with van der Waals surface area (Å²) in [5, 5.41) is 0.722. The standard InChI is InChI=1S/C15H14ClNOS/c1-10-2-3-12(14(16)8-10)9-18-13-6-4-11(5-7-13)15(17)19/h2-8H,9H2,1H3,(H2,17,19). The molecule has 0 unspecified atom stereocenters. The number of ether oxygens (including phenoxy) is 1. The van der Waals surface area contributed by atoms with E-state index in [4.69, 9.17) is 34.3 Å². The monoisotopic (exact) mass is 291 g/mol. The third-order valence-corrected chi connectivity index (χ3v) is 3.33. The summed E-state index contributed by atoms with van der Waals surface area (Å²) in [6, 6.07) is 13.3. The smallest absolute Gasteiger partial charge is 0.119 e. The van der Waals surface area contributed by atoms with Gasteiger partial charge in [-0.2, -0.15) is 0 Å². The van der Waals surface area contributed by atoms with Crippen molar-refractivity contribution in [1.29, 1.82) is 0 Å². The van der Waals surface area contributed by atoms with Crippen LogP contribution in [-0.2, 0) is 6.61 Å². The molecule has 2 rings (SSSR count). The summed E-state index contributed by atoms with van der Waals surface area (Å²) in [5.41, 5.74) is 8.46. The highest BCUT2D eigenvalue weighted by Gasteiger charge is 2.02. The van der Waals surface area contributed by atoms with Crippen LogP contribution in [0.5, 0.6) is 5.75 Å². The second kappa shape index (κ2) is 6.04. The van der Waals surface area contributed by atoms with Gasteiger partial charge in [0, 0.05) is 16.1 Å². The van der Waals surface area contributed by atoms with E-state index in [-0.39, 0.29) is 0 Å². The van der Waals surface area contributed by atoms with Gasteiger partial charge in [-0.15, -0.1) is 0 Å². The molecule has 2 nitrogen and oxygen atoms in total. The fourth-order valence-corrected chi connectivity index (χ4v) is 2.07. The van der Waals surface area contributed by atoms with Crippen molar-refractivity contribution in [3.8, 4) is 5.75 Å². The van der Waals surface area contributed by atoms with Crippen molar-refractivity contribution < 1.29 is 4.74 Å². The molecule has 0 saturated carbocycles. The van der Waals surface area contributed by atoms with Crippen LogP contribution < -0.4 is 10.5 Å². The fraction of sp³-hybridized carbons (Fsp3) is 0.133. The summed E-state index contributed by atoms with van der Waals surface area (Å²) >= 11 is 11.0. The van der Waals surface area contributed by atoms with Gasteiger partial charge < -0.3 is 10.5 Å². The zero-order valence-corrected chi connectivity index (χ0v) is 12.1. The molecular formula is C15H14ClNOS. The Morgan fingerprint density at radius 2 is 1.89 bits per heavy atom. The third kappa shape index (κ3) is 3.69. The minimum Gasteiger partial charge on any atom is -0.489 e. The lowest BCUT2D eigenvalue weighted by Crippen LogP contribution is -2.08. The topological polar surface area (TPSA) is 35.2 Å². The number of hydrogen-bond acceptors (Lipinski definition) is 2. The first kappa shape index (κ1) is 13.8. The molecule has 19 heavy (non-hydrogen) atoms. The van der Waals surface area contributed by atoms with E-state index in [0.717, 1.165) is 27.5 Å². The zero-order valence-electron chi connectivity index (χ0n) is 10.5. The molecular weight excluding hydrogens is 278 g/mol. The van der Waals surface area contributed by atoms with Gasteiger partial charge in [-0.05, 0) is 42.8 Å². The van der Waals surface area contributed by atoms with E-state index in [1.807, 2.05) is 49.4 Å². The third-order valence-electron chi connectivity index (χ3n) is 2.74. The average Bonchev–Trinajstić information content (AvgIpc) is 2.38. The van der Waals surface area contributed by atoms with Crippen molar-refractivity contribution in [2.75, 3.05) is 0 Å². The number of aryl methyl sites for hydroxylation is 1. The Bertz CT molecular complexity index is 596. The molecule has 0 heterocycles. The molecule has 2 N–H and O–H groups in total. The van der Waals surface area contributed by atoms with Gasteiger partial charge in [-0.25, -0.2) is 0 Å². The quantitative estimate of drug-likeness (QED) is 0.869. The van der Waals surface area contributed by atoms with Gasteiger partial charge in [-0.3, -0.25) is 0 Å². The van der Waals surface area contributed by atoms with Gasteiger partial charge >= 0.3 is 0 Å². The Hall–Kier alpha value is -1.58. The Balaban J connectivity index is 2.04. The Morgan fingerprint density at radius 1 is 1.21 bits per heavy atom. The summed E-state index contributed by atoms with van der Waals surface area (Å²) in [5.74, 6) is 0.761. The van der Waals surface area contributed by atoms with Crippen LogP contribution in [0, 0.1) is 6.92 Å². The number of thiocarbonyl (C=S) groups is 1. The molecule has 0 fully saturated rings. The summed E-state index contributed by atoms with van der Waals surface area (Å²) < 4.78 is 5.68. The summed E-state index contributed by atoms with van der Waals surface area (Å²) in [6.07, 6.45) is 0. The second-order valence-electron chi connectivity index (χ2n) is 4.27. The van der Waals surface area contributed by atoms with Gasteiger partial charge in [-0.1, -0.05) is 36.0 Å². The fourth-order valence-electron chi connectivity index (χ4n) is 1.65. The first-order valence-electron chi connectivity index (χ1n) is 5.84. The molecule has 0 aliphatic carbocycles. The van der Waals surface area contributed by atoms with E-state index in [9.17, 15) is 0 Å². The van der Waals surface area contributed by atoms with Crippen LogP contribution in [0.15, 0.2) is 42.5 Å². The molecule has 0 aliphatic rings. The Kier molecular flexibility index (Phi) is 4.40. The van der Waals surface area contributed by atoms with Gasteiger partial charge in [0.25, 0.3) is 0 Å². The van der Waals surface area contributed by atoms with E-state index < -0.39 is 0 Å². The summed E-state index contributed by atoms with van der Waals surface area (Å²) in [6.45, 7) is 2.44. The molecule has 0 spiro atoms. The van der Waals surface area contributed by atoms with E-state index in [2.05, 4.69) is 0 Å². The number of benzene rings is 2. The number of nitrogens with two attached hydrogens (primary N) is 1. The van der Waals surface area contributed by atoms with Crippen molar-refractivity contribution in [3.05, 3.63) is 64.2 Å². The minimum atomic E-state index is 0.383. The molecule has 0 atom stereocenters. The first-order valence-corrected chi connectivity index (χ1v) is 6.62. The van der Waals surface area contributed by atoms with Crippen LogP contribution in [0.4, 0.5) is 0 Å². The highest BCUT2D eigenvalue weighted by Crippen LogP contribution is 2.20. The predicted octanol–water partition coefficient (Wildman–Crippen LogP) is 3.86. The van der Waals surface area contributed by atoms with E-state index in [0.29, 0.717) is 11.6 Å². The highest BCUT2D eigenvalue weighted by atomic mass is 35.5. The molecule has 0 radical (unpaired) electrons. The number of rotatable bonds is 4. The average molecular weight is 292 g/mol. The van der Waals surface area contributed by atoms with Crippen molar-refractivity contribution in [3.63, 3.8) is 0 Å². The molecule has 0 bridgehead atoms.